The van der Waals surface area contributed by atoms with Gasteiger partial charge < -0.3 is 10.1 Å². The molecule has 2 nitrogen and oxygen atoms in total. The van der Waals surface area contributed by atoms with Gasteiger partial charge in [-0.25, -0.2) is 0 Å². The van der Waals surface area contributed by atoms with Gasteiger partial charge in [-0.15, -0.1) is 0 Å². The molecule has 0 amide bonds. The van der Waals surface area contributed by atoms with Gasteiger partial charge in [0, 0.05) is 12.6 Å². The van der Waals surface area contributed by atoms with Crippen molar-refractivity contribution in [2.45, 2.75) is 141 Å². The summed E-state index contributed by atoms with van der Waals surface area (Å²) in [5, 5.41) is 2.88. The Morgan fingerprint density at radius 1 is 0.529 bits per heavy atom. The summed E-state index contributed by atoms with van der Waals surface area (Å²) in [6.07, 6.45) is -11.3. The molecule has 2 aromatic rings. The Morgan fingerprint density at radius 3 is 1.22 bits per heavy atom. The highest BCUT2D eigenvalue weighted by Gasteiger charge is 2.49. The average Bonchev–Trinajstić information content (AvgIpc) is 3.59. The lowest BCUT2D eigenvalue weighted by atomic mass is 9.75. The molecule has 1 heterocycles. The van der Waals surface area contributed by atoms with Gasteiger partial charge in [0.15, 0.2) is 0 Å². The minimum absolute atomic E-state index is 0.00935. The van der Waals surface area contributed by atoms with E-state index in [4.69, 9.17) is 4.74 Å². The summed E-state index contributed by atoms with van der Waals surface area (Å²) >= 11 is 0. The van der Waals surface area contributed by atoms with Gasteiger partial charge in [-0.2, -0.15) is 52.7 Å². The van der Waals surface area contributed by atoms with Crippen LogP contribution in [0.15, 0.2) is 36.4 Å². The van der Waals surface area contributed by atoms with Crippen LogP contribution in [0.4, 0.5) is 52.7 Å². The normalized spacial score (nSPS) is 16.6. The van der Waals surface area contributed by atoms with Gasteiger partial charge in [-0.05, 0) is 85.2 Å². The van der Waals surface area contributed by atoms with Crippen LogP contribution in [0.3, 0.4) is 0 Å². The molecule has 290 valence electrons. The Bertz CT molecular complexity index is 1240. The zero-order valence-electron chi connectivity index (χ0n) is 29.1. The number of unbranched alkanes of at least 4 members (excludes halogenated alkanes) is 6. The third-order valence-electron chi connectivity index (χ3n) is 10.5. The van der Waals surface area contributed by atoms with E-state index in [1.54, 1.807) is 0 Å². The molecule has 14 heteroatoms. The first-order valence-electron chi connectivity index (χ1n) is 17.6. The van der Waals surface area contributed by atoms with Crippen molar-refractivity contribution in [1.82, 2.24) is 5.32 Å². The third-order valence-corrected chi connectivity index (χ3v) is 10.5. The lowest BCUT2D eigenvalue weighted by Gasteiger charge is -2.41. The molecule has 1 fully saturated rings. The largest absolute Gasteiger partial charge is 0.416 e. The number of halogens is 12. The third kappa shape index (κ3) is 11.0. The Hall–Kier alpha value is -2.48. The molecule has 0 aromatic heterocycles. The Kier molecular flexibility index (Phi) is 14.4. The molecular weight excluding hydrogens is 702 g/mol. The highest BCUT2D eigenvalue weighted by atomic mass is 19.4. The van der Waals surface area contributed by atoms with Crippen molar-refractivity contribution in [2.24, 2.45) is 5.41 Å². The number of ether oxygens (including phenoxy) is 1. The van der Waals surface area contributed by atoms with E-state index in [2.05, 4.69) is 26.1 Å². The molecule has 1 unspecified atom stereocenters. The van der Waals surface area contributed by atoms with E-state index in [1.165, 1.54) is 0 Å². The second-order valence-corrected chi connectivity index (χ2v) is 13.6. The van der Waals surface area contributed by atoms with E-state index < -0.39 is 69.7 Å². The molecule has 0 spiro atoms. The zero-order valence-corrected chi connectivity index (χ0v) is 29.1. The van der Waals surface area contributed by atoms with Gasteiger partial charge in [0.05, 0.1) is 22.3 Å². The van der Waals surface area contributed by atoms with E-state index >= 15 is 0 Å². The molecule has 1 N–H and O–H groups in total. The van der Waals surface area contributed by atoms with Crippen LogP contribution in [0.2, 0.25) is 0 Å². The first-order chi connectivity index (χ1) is 23.6. The minimum Gasteiger partial charge on any atom is -0.364 e. The highest BCUT2D eigenvalue weighted by Crippen LogP contribution is 2.48. The monoisotopic (exact) mass is 749 g/mol. The fraction of sp³-hybridized carbons (Fsp3) is 0.676. The van der Waals surface area contributed by atoms with Gasteiger partial charge in [-0.1, -0.05) is 78.6 Å². The molecule has 1 aliphatic heterocycles. The van der Waals surface area contributed by atoms with Crippen molar-refractivity contribution in [2.75, 3.05) is 13.2 Å². The Morgan fingerprint density at radius 2 is 0.882 bits per heavy atom. The maximum Gasteiger partial charge on any atom is 0.416 e. The number of nitrogens with one attached hydrogen (secondary N) is 1. The summed E-state index contributed by atoms with van der Waals surface area (Å²) in [6.45, 7) is 6.38. The van der Waals surface area contributed by atoms with Crippen molar-refractivity contribution in [3.63, 3.8) is 0 Å². The number of hydrogen-bond acceptors (Lipinski definition) is 2. The topological polar surface area (TPSA) is 21.3 Å². The van der Waals surface area contributed by atoms with Crippen LogP contribution < -0.4 is 5.32 Å². The van der Waals surface area contributed by atoms with Gasteiger partial charge in [0.1, 0.15) is 5.60 Å². The van der Waals surface area contributed by atoms with E-state index in [0.717, 1.165) is 51.4 Å². The molecule has 0 aliphatic carbocycles. The molecule has 1 atom stereocenters. The molecule has 3 rings (SSSR count). The van der Waals surface area contributed by atoms with Crippen molar-refractivity contribution in [3.8, 4) is 0 Å². The number of rotatable bonds is 17. The summed E-state index contributed by atoms with van der Waals surface area (Å²) in [7, 11) is 0. The van der Waals surface area contributed by atoms with E-state index in [-0.39, 0.29) is 38.1 Å². The SMILES string of the molecule is CCC(CC)(CC)CCCCCCCCCOC(c1cc(C(F)(F)F)cc(C(F)(F)F)c1)(c1cc(C(F)(F)F)cc(C(F)(F)F)c1)C1CCCN1. The van der Waals surface area contributed by atoms with Gasteiger partial charge in [0.2, 0.25) is 0 Å². The molecule has 0 saturated carbocycles. The number of alkyl halides is 12. The van der Waals surface area contributed by atoms with Crippen LogP contribution >= 0.6 is 0 Å². The zero-order chi connectivity index (χ0) is 38.3. The first kappa shape index (κ1) is 42.9. The molecule has 2 aromatic carbocycles. The summed E-state index contributed by atoms with van der Waals surface area (Å²) < 4.78 is 175. The number of hydrogen-bond donors (Lipinski definition) is 1. The van der Waals surface area contributed by atoms with Gasteiger partial charge in [-0.3, -0.25) is 0 Å². The molecule has 1 saturated heterocycles. The van der Waals surface area contributed by atoms with Crippen LogP contribution in [0.25, 0.3) is 0 Å². The van der Waals surface area contributed by atoms with Crippen molar-refractivity contribution in [3.05, 3.63) is 69.8 Å². The number of benzene rings is 2. The predicted molar refractivity (Wildman–Crippen MR) is 171 cm³/mol. The van der Waals surface area contributed by atoms with Gasteiger partial charge in [0.25, 0.3) is 0 Å². The minimum atomic E-state index is -5.33. The Labute approximate surface area is 291 Å². The quantitative estimate of drug-likeness (QED) is 0.128. The molecule has 0 bridgehead atoms. The van der Waals surface area contributed by atoms with Crippen LogP contribution in [-0.4, -0.2) is 19.2 Å². The van der Waals surface area contributed by atoms with Crippen molar-refractivity contribution < 1.29 is 57.4 Å². The van der Waals surface area contributed by atoms with Crippen LogP contribution in [-0.2, 0) is 35.0 Å². The maximum absolute atomic E-state index is 14.0. The highest BCUT2D eigenvalue weighted by molar-refractivity contribution is 5.47. The predicted octanol–water partition coefficient (Wildman–Crippen LogP) is 13.1. The average molecular weight is 750 g/mol. The summed E-state index contributed by atoms with van der Waals surface area (Å²) in [6, 6.07) is -0.236. The maximum atomic E-state index is 14.0. The Balaban J connectivity index is 2.03. The van der Waals surface area contributed by atoms with E-state index in [9.17, 15) is 52.7 Å². The summed E-state index contributed by atoms with van der Waals surface area (Å²) in [5.41, 5.74) is -11.0. The standard InChI is InChI=1S/C37H47F12NO/c1-4-32(5-2,6-3)16-12-10-8-7-9-11-13-18-51-33(31-15-14-17-50-31,25-19-27(34(38,39)40)23-28(20-25)35(41,42)43)26-21-29(36(44,45)46)24-30(22-26)37(47,48)49/h19-24,31,50H,4-18H2,1-3H3. The molecule has 0 radical (unpaired) electrons. The molecular formula is C37H47F12NO. The first-order valence-corrected chi connectivity index (χ1v) is 17.6. The van der Waals surface area contributed by atoms with Gasteiger partial charge >= 0.3 is 24.7 Å². The summed E-state index contributed by atoms with van der Waals surface area (Å²) in [5.74, 6) is 0. The molecule has 1 aliphatic rings. The van der Waals surface area contributed by atoms with Crippen molar-refractivity contribution >= 4 is 0 Å². The van der Waals surface area contributed by atoms with Crippen LogP contribution in [0, 0.1) is 5.41 Å². The second-order valence-electron chi connectivity index (χ2n) is 13.6. The summed E-state index contributed by atoms with van der Waals surface area (Å²) in [4.78, 5) is 0. The lowest BCUT2D eigenvalue weighted by Crippen LogP contribution is -2.49. The lowest BCUT2D eigenvalue weighted by molar-refractivity contribution is -0.144. The second kappa shape index (κ2) is 17.1. The fourth-order valence-electron chi connectivity index (χ4n) is 7.21. The fourth-order valence-corrected chi connectivity index (χ4v) is 7.21. The smallest absolute Gasteiger partial charge is 0.364 e. The van der Waals surface area contributed by atoms with Crippen molar-refractivity contribution in [1.29, 1.82) is 0 Å². The van der Waals surface area contributed by atoms with E-state index in [1.807, 2.05) is 0 Å². The van der Waals surface area contributed by atoms with E-state index in [0.29, 0.717) is 48.9 Å². The molecule has 51 heavy (non-hydrogen) atoms. The van der Waals surface area contributed by atoms with Crippen LogP contribution in [0.5, 0.6) is 0 Å². The van der Waals surface area contributed by atoms with Crippen LogP contribution in [0.1, 0.15) is 138 Å².